The number of nitrogens with one attached hydrogen (secondary N) is 1. The molecule has 0 atom stereocenters. The zero-order valence-corrected chi connectivity index (χ0v) is 12.7. The van der Waals surface area contributed by atoms with Crippen molar-refractivity contribution in [1.29, 1.82) is 0 Å². The highest BCUT2D eigenvalue weighted by Gasteiger charge is 2.18. The van der Waals surface area contributed by atoms with E-state index in [1.54, 1.807) is 0 Å². The molecule has 1 aromatic heterocycles. The second-order valence-electron chi connectivity index (χ2n) is 5.88. The average molecular weight is 264 g/mol. The smallest absolute Gasteiger partial charge is 0.118 e. The second-order valence-corrected chi connectivity index (χ2v) is 5.88. The van der Waals surface area contributed by atoms with Gasteiger partial charge in [-0.15, -0.1) is 0 Å². The lowest BCUT2D eigenvalue weighted by Gasteiger charge is -2.26. The van der Waals surface area contributed by atoms with E-state index in [1.807, 2.05) is 7.05 Å². The van der Waals surface area contributed by atoms with Gasteiger partial charge in [0.2, 0.25) is 0 Å². The van der Waals surface area contributed by atoms with Gasteiger partial charge in [0.25, 0.3) is 0 Å². The van der Waals surface area contributed by atoms with Crippen LogP contribution in [-0.4, -0.2) is 25.0 Å². The summed E-state index contributed by atoms with van der Waals surface area (Å²) in [6.45, 7) is 3.91. The predicted octanol–water partition coefficient (Wildman–Crippen LogP) is 3.46. The van der Waals surface area contributed by atoms with Crippen LogP contribution in [0.1, 0.15) is 55.6 Å². The van der Waals surface area contributed by atoms with E-state index in [1.165, 1.54) is 44.1 Å². The molecule has 3 heteroatoms. The van der Waals surface area contributed by atoms with Gasteiger partial charge in [-0.2, -0.15) is 0 Å². The third-order valence-electron chi connectivity index (χ3n) is 4.29. The molecular formula is C16H28N2O. The monoisotopic (exact) mass is 264 g/mol. The molecule has 0 bridgehead atoms. The van der Waals surface area contributed by atoms with Crippen molar-refractivity contribution in [2.75, 3.05) is 14.1 Å². The molecule has 0 spiro atoms. The van der Waals surface area contributed by atoms with Gasteiger partial charge < -0.3 is 9.73 Å². The first-order valence-corrected chi connectivity index (χ1v) is 7.63. The zero-order chi connectivity index (χ0) is 13.7. The Morgan fingerprint density at radius 2 is 1.95 bits per heavy atom. The molecule has 2 rings (SSSR count). The third kappa shape index (κ3) is 4.08. The van der Waals surface area contributed by atoms with Gasteiger partial charge in [0.15, 0.2) is 0 Å². The summed E-state index contributed by atoms with van der Waals surface area (Å²) in [6.07, 6.45) is 8.34. The Morgan fingerprint density at radius 3 is 2.58 bits per heavy atom. The molecule has 1 N–H and O–H groups in total. The number of rotatable bonds is 5. The number of aryl methyl sites for hydroxylation is 1. The fraction of sp³-hybridized carbons (Fsp3) is 0.750. The van der Waals surface area contributed by atoms with Gasteiger partial charge in [-0.1, -0.05) is 25.7 Å². The van der Waals surface area contributed by atoms with Crippen LogP contribution in [0.3, 0.4) is 0 Å². The first-order valence-electron chi connectivity index (χ1n) is 7.63. The molecule has 3 nitrogen and oxygen atoms in total. The molecule has 0 radical (unpaired) electrons. The zero-order valence-electron chi connectivity index (χ0n) is 12.7. The number of hydrogen-bond acceptors (Lipinski definition) is 3. The maximum atomic E-state index is 5.78. The molecule has 0 aliphatic heterocycles. The number of furan rings is 1. The Kier molecular flexibility index (Phi) is 5.46. The van der Waals surface area contributed by atoms with Crippen molar-refractivity contribution in [1.82, 2.24) is 10.2 Å². The van der Waals surface area contributed by atoms with E-state index >= 15 is 0 Å². The van der Waals surface area contributed by atoms with Crippen molar-refractivity contribution >= 4 is 0 Å². The van der Waals surface area contributed by atoms with Gasteiger partial charge in [0.1, 0.15) is 11.5 Å². The molecule has 19 heavy (non-hydrogen) atoms. The van der Waals surface area contributed by atoms with Crippen LogP contribution in [0.15, 0.2) is 10.5 Å². The van der Waals surface area contributed by atoms with E-state index in [0.717, 1.165) is 30.7 Å². The second kappa shape index (κ2) is 7.11. The fourth-order valence-corrected chi connectivity index (χ4v) is 3.10. The average Bonchev–Trinajstić information content (AvgIpc) is 2.60. The SMILES string of the molecule is CNCc1cc(CN(C)C2CCCCCC2)c(C)o1. The molecule has 1 fully saturated rings. The van der Waals surface area contributed by atoms with Gasteiger partial charge in [-0.05, 0) is 39.9 Å². The van der Waals surface area contributed by atoms with Gasteiger partial charge >= 0.3 is 0 Å². The van der Waals surface area contributed by atoms with E-state index < -0.39 is 0 Å². The van der Waals surface area contributed by atoms with E-state index in [0.29, 0.717) is 0 Å². The summed E-state index contributed by atoms with van der Waals surface area (Å²) < 4.78 is 5.78. The molecule has 1 saturated carbocycles. The van der Waals surface area contributed by atoms with Crippen molar-refractivity contribution in [3.8, 4) is 0 Å². The quantitative estimate of drug-likeness (QED) is 0.826. The van der Waals surface area contributed by atoms with Crippen LogP contribution in [0.5, 0.6) is 0 Å². The van der Waals surface area contributed by atoms with Crippen LogP contribution in [0, 0.1) is 6.92 Å². The summed E-state index contributed by atoms with van der Waals surface area (Å²) in [5.41, 5.74) is 1.34. The maximum Gasteiger partial charge on any atom is 0.118 e. The molecule has 1 aliphatic carbocycles. The van der Waals surface area contributed by atoms with E-state index in [-0.39, 0.29) is 0 Å². The molecular weight excluding hydrogens is 236 g/mol. The topological polar surface area (TPSA) is 28.4 Å². The summed E-state index contributed by atoms with van der Waals surface area (Å²) in [6, 6.07) is 2.96. The Balaban J connectivity index is 1.95. The van der Waals surface area contributed by atoms with Crippen LogP contribution in [0.2, 0.25) is 0 Å². The summed E-state index contributed by atoms with van der Waals surface area (Å²) >= 11 is 0. The molecule has 0 aromatic carbocycles. The lowest BCUT2D eigenvalue weighted by atomic mass is 10.1. The minimum Gasteiger partial charge on any atom is -0.465 e. The van der Waals surface area contributed by atoms with Gasteiger partial charge in [-0.3, -0.25) is 4.90 Å². The van der Waals surface area contributed by atoms with Crippen LogP contribution in [0.25, 0.3) is 0 Å². The van der Waals surface area contributed by atoms with Crippen molar-refractivity contribution in [2.45, 2.75) is 64.6 Å². The predicted molar refractivity (Wildman–Crippen MR) is 79.2 cm³/mol. The van der Waals surface area contributed by atoms with Crippen LogP contribution >= 0.6 is 0 Å². The minimum absolute atomic E-state index is 0.754. The summed E-state index contributed by atoms with van der Waals surface area (Å²) in [5, 5.41) is 3.14. The molecule has 0 amide bonds. The van der Waals surface area contributed by atoms with E-state index in [4.69, 9.17) is 4.42 Å². The molecule has 108 valence electrons. The van der Waals surface area contributed by atoms with Crippen LogP contribution in [-0.2, 0) is 13.1 Å². The fourth-order valence-electron chi connectivity index (χ4n) is 3.10. The highest BCUT2D eigenvalue weighted by molar-refractivity contribution is 5.20. The summed E-state index contributed by atoms with van der Waals surface area (Å²) in [7, 11) is 4.22. The Labute approximate surface area is 117 Å². The van der Waals surface area contributed by atoms with Crippen LogP contribution in [0.4, 0.5) is 0 Å². The molecule has 0 unspecified atom stereocenters. The first kappa shape index (κ1) is 14.6. The molecule has 1 aromatic rings. The van der Waals surface area contributed by atoms with Crippen molar-refractivity contribution in [3.05, 3.63) is 23.2 Å². The van der Waals surface area contributed by atoms with Crippen LogP contribution < -0.4 is 5.32 Å². The van der Waals surface area contributed by atoms with E-state index in [9.17, 15) is 0 Å². The first-order chi connectivity index (χ1) is 9.20. The molecule has 1 heterocycles. The number of nitrogens with zero attached hydrogens (tertiary/aromatic N) is 1. The van der Waals surface area contributed by atoms with Gasteiger partial charge in [0, 0.05) is 18.2 Å². The maximum absolute atomic E-state index is 5.78. The normalized spacial score (nSPS) is 17.9. The number of hydrogen-bond donors (Lipinski definition) is 1. The van der Waals surface area contributed by atoms with Gasteiger partial charge in [0.05, 0.1) is 6.54 Å². The Bertz CT molecular complexity index is 378. The van der Waals surface area contributed by atoms with Crippen molar-refractivity contribution in [2.24, 2.45) is 0 Å². The Hall–Kier alpha value is -0.800. The van der Waals surface area contributed by atoms with Gasteiger partial charge in [-0.25, -0.2) is 0 Å². The highest BCUT2D eigenvalue weighted by Crippen LogP contribution is 2.24. The standard InChI is InChI=1S/C16H28N2O/c1-13-14(10-16(19-13)11-17-2)12-18(3)15-8-6-4-5-7-9-15/h10,15,17H,4-9,11-12H2,1-3H3. The van der Waals surface area contributed by atoms with Crippen molar-refractivity contribution < 1.29 is 4.42 Å². The Morgan fingerprint density at radius 1 is 1.26 bits per heavy atom. The molecule has 0 saturated heterocycles. The lowest BCUT2D eigenvalue weighted by molar-refractivity contribution is 0.212. The minimum atomic E-state index is 0.754. The third-order valence-corrected chi connectivity index (χ3v) is 4.29. The highest BCUT2D eigenvalue weighted by atomic mass is 16.3. The van der Waals surface area contributed by atoms with E-state index in [2.05, 4.69) is 30.3 Å². The molecule has 1 aliphatic rings. The summed E-state index contributed by atoms with van der Waals surface area (Å²) in [5.74, 6) is 2.12. The lowest BCUT2D eigenvalue weighted by Crippen LogP contribution is -2.30. The summed E-state index contributed by atoms with van der Waals surface area (Å²) in [4.78, 5) is 2.52. The largest absolute Gasteiger partial charge is 0.465 e. The van der Waals surface area contributed by atoms with Crippen molar-refractivity contribution in [3.63, 3.8) is 0 Å².